The van der Waals surface area contributed by atoms with Crippen LogP contribution in [0.25, 0.3) is 0 Å². The lowest BCUT2D eigenvalue weighted by Gasteiger charge is -2.31. The average Bonchev–Trinajstić information content (AvgIpc) is 3.06. The Kier molecular flexibility index (Phi) is 3.09. The van der Waals surface area contributed by atoms with Gasteiger partial charge in [0.1, 0.15) is 5.75 Å². The maximum Gasteiger partial charge on any atom is 0.174 e. The van der Waals surface area contributed by atoms with Gasteiger partial charge in [0.15, 0.2) is 5.78 Å². The maximum atomic E-state index is 13.1. The number of ketones is 1. The van der Waals surface area contributed by atoms with Crippen molar-refractivity contribution in [2.24, 2.45) is 11.3 Å². The largest absolute Gasteiger partial charge is 0.492 e. The van der Waals surface area contributed by atoms with Crippen LogP contribution in [0.15, 0.2) is 18.2 Å². The van der Waals surface area contributed by atoms with Crippen LogP contribution in [0.2, 0.25) is 0 Å². The summed E-state index contributed by atoms with van der Waals surface area (Å²) in [6.45, 7) is 6.71. The number of ether oxygens (including phenoxy) is 1. The van der Waals surface area contributed by atoms with Crippen LogP contribution >= 0.6 is 0 Å². The van der Waals surface area contributed by atoms with Crippen LogP contribution in [0.1, 0.15) is 36.2 Å². The van der Waals surface area contributed by atoms with E-state index in [-0.39, 0.29) is 11.2 Å². The average molecular weight is 259 g/mol. The van der Waals surface area contributed by atoms with Crippen molar-refractivity contribution in [2.45, 2.75) is 26.7 Å². The number of carbonyl (C=O) groups is 1. The molecule has 0 amide bonds. The molecule has 0 spiro atoms. The van der Waals surface area contributed by atoms with E-state index >= 15 is 0 Å². The molecule has 3 nitrogen and oxygen atoms in total. The number of Topliss-reactive ketones (excluding diaryl/α,β-unsaturated/α-hetero) is 1. The molecule has 3 rings (SSSR count). The first kappa shape index (κ1) is 12.7. The first-order valence-corrected chi connectivity index (χ1v) is 7.15. The Morgan fingerprint density at radius 2 is 2.26 bits per heavy atom. The highest BCUT2D eigenvalue weighted by Gasteiger charge is 2.45. The Morgan fingerprint density at radius 1 is 1.42 bits per heavy atom. The van der Waals surface area contributed by atoms with E-state index in [1.807, 2.05) is 12.1 Å². The Morgan fingerprint density at radius 3 is 2.95 bits per heavy atom. The number of carbonyl (C=O) groups excluding carboxylic acids is 1. The van der Waals surface area contributed by atoms with E-state index in [0.29, 0.717) is 12.5 Å². The summed E-state index contributed by atoms with van der Waals surface area (Å²) in [4.78, 5) is 13.1. The highest BCUT2D eigenvalue weighted by Crippen LogP contribution is 2.41. The third-order valence-corrected chi connectivity index (χ3v) is 4.70. The van der Waals surface area contributed by atoms with Crippen molar-refractivity contribution in [3.05, 3.63) is 29.3 Å². The summed E-state index contributed by atoms with van der Waals surface area (Å²) in [5.41, 5.74) is 1.70. The maximum absolute atomic E-state index is 13.1. The second kappa shape index (κ2) is 4.64. The molecule has 1 atom stereocenters. The molecule has 0 aliphatic carbocycles. The monoisotopic (exact) mass is 259 g/mol. The molecule has 0 saturated carbocycles. The normalized spacial score (nSPS) is 25.4. The summed E-state index contributed by atoms with van der Waals surface area (Å²) < 4.78 is 5.69. The minimum Gasteiger partial charge on any atom is -0.492 e. The van der Waals surface area contributed by atoms with Gasteiger partial charge >= 0.3 is 0 Å². The highest BCUT2D eigenvalue weighted by molar-refractivity contribution is 6.03. The van der Waals surface area contributed by atoms with E-state index in [1.54, 1.807) is 0 Å². The van der Waals surface area contributed by atoms with Crippen LogP contribution in [-0.2, 0) is 6.42 Å². The van der Waals surface area contributed by atoms with Gasteiger partial charge in [-0.05, 0) is 30.5 Å². The van der Waals surface area contributed by atoms with Gasteiger partial charge in [0.25, 0.3) is 0 Å². The lowest BCUT2D eigenvalue weighted by molar-refractivity contribution is 0.0736. The van der Waals surface area contributed by atoms with Crippen molar-refractivity contribution in [3.63, 3.8) is 0 Å². The first-order valence-electron chi connectivity index (χ1n) is 7.15. The molecule has 1 aromatic carbocycles. The molecule has 102 valence electrons. The van der Waals surface area contributed by atoms with Gasteiger partial charge in [-0.3, -0.25) is 4.79 Å². The van der Waals surface area contributed by atoms with Gasteiger partial charge in [0, 0.05) is 18.4 Å². The first-order chi connectivity index (χ1) is 9.15. The predicted molar refractivity (Wildman–Crippen MR) is 74.7 cm³/mol. The number of hydrogen-bond donors (Lipinski definition) is 1. The molecule has 19 heavy (non-hydrogen) atoms. The molecular weight excluding hydrogens is 238 g/mol. The smallest absolute Gasteiger partial charge is 0.174 e. The molecule has 2 heterocycles. The summed E-state index contributed by atoms with van der Waals surface area (Å²) in [5, 5.41) is 3.35. The fraction of sp³-hybridized carbons (Fsp3) is 0.562. The van der Waals surface area contributed by atoms with E-state index in [0.717, 1.165) is 37.2 Å². The highest BCUT2D eigenvalue weighted by atomic mass is 16.5. The molecular formula is C16H21NO2. The molecule has 0 bridgehead atoms. The zero-order valence-corrected chi connectivity index (χ0v) is 11.7. The summed E-state index contributed by atoms with van der Waals surface area (Å²) in [5.74, 6) is 1.43. The van der Waals surface area contributed by atoms with Crippen molar-refractivity contribution >= 4 is 5.78 Å². The lowest BCUT2D eigenvalue weighted by atomic mass is 9.71. The number of nitrogens with one attached hydrogen (secondary N) is 1. The molecule has 1 unspecified atom stereocenters. The molecule has 1 N–H and O–H groups in total. The molecule has 0 aromatic heterocycles. The molecule has 0 radical (unpaired) electrons. The standard InChI is InChI=1S/C16H21NO2/c1-11(2)16(7-8-17-10-16)15(18)13-5-3-4-12-6-9-19-14(12)13/h3-5,11,17H,6-10H2,1-2H3. The SMILES string of the molecule is CC(C)C1(C(=O)c2cccc3c2OCC3)CCNC1. The third kappa shape index (κ3) is 1.88. The van der Waals surface area contributed by atoms with Gasteiger partial charge in [-0.2, -0.15) is 0 Å². The molecule has 1 saturated heterocycles. The number of para-hydroxylation sites is 1. The third-order valence-electron chi connectivity index (χ3n) is 4.70. The van der Waals surface area contributed by atoms with Gasteiger partial charge in [-0.1, -0.05) is 26.0 Å². The molecule has 2 aliphatic rings. The second-order valence-electron chi connectivity index (χ2n) is 5.96. The van der Waals surface area contributed by atoms with Gasteiger partial charge in [0.05, 0.1) is 12.2 Å². The minimum absolute atomic E-state index is 0.256. The number of rotatable bonds is 3. The van der Waals surface area contributed by atoms with Crippen LogP contribution in [-0.4, -0.2) is 25.5 Å². The van der Waals surface area contributed by atoms with Gasteiger partial charge in [0.2, 0.25) is 0 Å². The number of fused-ring (bicyclic) bond motifs is 1. The number of benzene rings is 1. The molecule has 1 aromatic rings. The molecule has 1 fully saturated rings. The Bertz CT molecular complexity index is 501. The van der Waals surface area contributed by atoms with Crippen LogP contribution < -0.4 is 10.1 Å². The van der Waals surface area contributed by atoms with E-state index in [1.165, 1.54) is 5.56 Å². The van der Waals surface area contributed by atoms with E-state index < -0.39 is 0 Å². The fourth-order valence-electron chi connectivity index (χ4n) is 3.32. The topological polar surface area (TPSA) is 38.3 Å². The van der Waals surface area contributed by atoms with Gasteiger partial charge in [-0.25, -0.2) is 0 Å². The Labute approximate surface area is 114 Å². The quantitative estimate of drug-likeness (QED) is 0.847. The van der Waals surface area contributed by atoms with Crippen molar-refractivity contribution in [1.29, 1.82) is 0 Å². The van der Waals surface area contributed by atoms with Crippen LogP contribution in [0, 0.1) is 11.3 Å². The lowest BCUT2D eigenvalue weighted by Crippen LogP contribution is -2.38. The van der Waals surface area contributed by atoms with Crippen molar-refractivity contribution < 1.29 is 9.53 Å². The van der Waals surface area contributed by atoms with Crippen molar-refractivity contribution in [1.82, 2.24) is 5.32 Å². The van der Waals surface area contributed by atoms with Gasteiger partial charge < -0.3 is 10.1 Å². The molecule has 2 aliphatic heterocycles. The zero-order chi connectivity index (χ0) is 13.5. The van der Waals surface area contributed by atoms with E-state index in [4.69, 9.17) is 4.74 Å². The van der Waals surface area contributed by atoms with Crippen LogP contribution in [0.4, 0.5) is 0 Å². The zero-order valence-electron chi connectivity index (χ0n) is 11.7. The predicted octanol–water partition coefficient (Wildman–Crippen LogP) is 2.44. The fourth-order valence-corrected chi connectivity index (χ4v) is 3.32. The van der Waals surface area contributed by atoms with Crippen molar-refractivity contribution in [3.8, 4) is 5.75 Å². The summed E-state index contributed by atoms with van der Waals surface area (Å²) in [6, 6.07) is 5.97. The molecule has 3 heteroatoms. The summed E-state index contributed by atoms with van der Waals surface area (Å²) in [7, 11) is 0. The summed E-state index contributed by atoms with van der Waals surface area (Å²) in [6.07, 6.45) is 1.84. The van der Waals surface area contributed by atoms with E-state index in [2.05, 4.69) is 25.2 Å². The Hall–Kier alpha value is -1.35. The van der Waals surface area contributed by atoms with E-state index in [9.17, 15) is 4.79 Å². The Balaban J connectivity index is 2.02. The number of hydrogen-bond acceptors (Lipinski definition) is 3. The van der Waals surface area contributed by atoms with Crippen LogP contribution in [0.5, 0.6) is 5.75 Å². The second-order valence-corrected chi connectivity index (χ2v) is 5.96. The summed E-state index contributed by atoms with van der Waals surface area (Å²) >= 11 is 0. The minimum atomic E-state index is -0.263. The van der Waals surface area contributed by atoms with Crippen molar-refractivity contribution in [2.75, 3.05) is 19.7 Å². The van der Waals surface area contributed by atoms with Crippen LogP contribution in [0.3, 0.4) is 0 Å². The van der Waals surface area contributed by atoms with Gasteiger partial charge in [-0.15, -0.1) is 0 Å².